The Balaban J connectivity index is 1.57. The summed E-state index contributed by atoms with van der Waals surface area (Å²) in [7, 11) is 0. The average molecular weight is 410 g/mol. The number of rotatable bonds is 6. The quantitative estimate of drug-likeness (QED) is 0.727. The van der Waals surface area contributed by atoms with Crippen LogP contribution in [0.5, 0.6) is 0 Å². The number of allylic oxidation sites excluding steroid dienone is 2. The van der Waals surface area contributed by atoms with Gasteiger partial charge in [0.1, 0.15) is 0 Å². The number of hydrogen-bond acceptors (Lipinski definition) is 3. The summed E-state index contributed by atoms with van der Waals surface area (Å²) in [6.45, 7) is 9.64. The van der Waals surface area contributed by atoms with Crippen molar-refractivity contribution in [2.75, 3.05) is 38.0 Å². The molecule has 1 aliphatic heterocycles. The maximum atomic E-state index is 13.0. The summed E-state index contributed by atoms with van der Waals surface area (Å²) in [5.74, 6) is 0.0986. The molecule has 5 nitrogen and oxygen atoms in total. The van der Waals surface area contributed by atoms with Gasteiger partial charge in [0.05, 0.1) is 12.5 Å². The lowest BCUT2D eigenvalue weighted by Crippen LogP contribution is -2.40. The number of amides is 2. The lowest BCUT2D eigenvalue weighted by molar-refractivity contribution is -0.132. The van der Waals surface area contributed by atoms with E-state index in [4.69, 9.17) is 0 Å². The molecule has 1 fully saturated rings. The minimum absolute atomic E-state index is 0.0272. The lowest BCUT2D eigenvalue weighted by atomic mass is 9.93. The lowest BCUT2D eigenvalue weighted by Gasteiger charge is -2.26. The van der Waals surface area contributed by atoms with E-state index in [2.05, 4.69) is 54.4 Å². The van der Waals surface area contributed by atoms with Gasteiger partial charge in [-0.25, -0.2) is 0 Å². The largest absolute Gasteiger partial charge is 0.341 e. The number of anilines is 1. The first-order chi connectivity index (χ1) is 14.5. The van der Waals surface area contributed by atoms with Crippen LogP contribution in [0.25, 0.3) is 0 Å². The molecule has 1 saturated heterocycles. The van der Waals surface area contributed by atoms with Crippen molar-refractivity contribution >= 4 is 17.5 Å². The number of carbonyl (C=O) groups excluding carboxylic acids is 2. The van der Waals surface area contributed by atoms with Crippen LogP contribution < -0.4 is 5.32 Å². The predicted molar refractivity (Wildman–Crippen MR) is 122 cm³/mol. The first-order valence-electron chi connectivity index (χ1n) is 11.3. The summed E-state index contributed by atoms with van der Waals surface area (Å²) >= 11 is 0. The van der Waals surface area contributed by atoms with Crippen molar-refractivity contribution < 1.29 is 9.59 Å². The molecule has 1 aromatic rings. The maximum absolute atomic E-state index is 13.0. The zero-order chi connectivity index (χ0) is 21.5. The van der Waals surface area contributed by atoms with Crippen molar-refractivity contribution in [3.05, 3.63) is 53.1 Å². The Labute approximate surface area is 180 Å². The summed E-state index contributed by atoms with van der Waals surface area (Å²) < 4.78 is 0. The van der Waals surface area contributed by atoms with Crippen molar-refractivity contribution in [1.29, 1.82) is 0 Å². The van der Waals surface area contributed by atoms with Crippen LogP contribution in [0.2, 0.25) is 0 Å². The van der Waals surface area contributed by atoms with Gasteiger partial charge in [0.15, 0.2) is 0 Å². The van der Waals surface area contributed by atoms with Crippen LogP contribution in [0.4, 0.5) is 5.69 Å². The Bertz CT molecular complexity index is 805. The van der Waals surface area contributed by atoms with Crippen molar-refractivity contribution in [1.82, 2.24) is 9.80 Å². The van der Waals surface area contributed by atoms with Gasteiger partial charge in [0, 0.05) is 31.9 Å². The van der Waals surface area contributed by atoms with Gasteiger partial charge in [-0.1, -0.05) is 55.8 Å². The van der Waals surface area contributed by atoms with Gasteiger partial charge in [-0.05, 0) is 43.7 Å². The highest BCUT2D eigenvalue weighted by atomic mass is 16.2. The molecule has 5 heteroatoms. The molecule has 30 heavy (non-hydrogen) atoms. The molecule has 162 valence electrons. The van der Waals surface area contributed by atoms with Gasteiger partial charge in [-0.2, -0.15) is 0 Å². The Kier molecular flexibility index (Phi) is 7.86. The van der Waals surface area contributed by atoms with Crippen molar-refractivity contribution in [3.8, 4) is 0 Å². The number of nitrogens with zero attached hydrogens (tertiary/aromatic N) is 2. The fourth-order valence-electron chi connectivity index (χ4n) is 4.36. The van der Waals surface area contributed by atoms with E-state index < -0.39 is 0 Å². The molecule has 2 aliphatic rings. The Morgan fingerprint density at radius 1 is 1.07 bits per heavy atom. The molecule has 1 aromatic carbocycles. The molecule has 1 N–H and O–H groups in total. The van der Waals surface area contributed by atoms with Crippen LogP contribution in [0.1, 0.15) is 44.7 Å². The molecular weight excluding hydrogens is 374 g/mol. The highest BCUT2D eigenvalue weighted by molar-refractivity contribution is 5.94. The Hall–Kier alpha value is -2.40. The van der Waals surface area contributed by atoms with E-state index in [-0.39, 0.29) is 17.7 Å². The SMILES string of the molecule is CCc1cccc(CC)c1NC(=O)CN1CCCN(C(=O)C2C=CCC=C2C)CC1. The van der Waals surface area contributed by atoms with Crippen LogP contribution >= 0.6 is 0 Å². The molecule has 1 unspecified atom stereocenters. The van der Waals surface area contributed by atoms with E-state index in [1.54, 1.807) is 0 Å². The molecule has 1 aliphatic carbocycles. The van der Waals surface area contributed by atoms with Crippen LogP contribution in [0, 0.1) is 5.92 Å². The summed E-state index contributed by atoms with van der Waals surface area (Å²) in [5.41, 5.74) is 4.48. The minimum atomic E-state index is -0.119. The molecule has 3 rings (SSSR count). The summed E-state index contributed by atoms with van der Waals surface area (Å²) in [4.78, 5) is 29.9. The maximum Gasteiger partial charge on any atom is 0.238 e. The van der Waals surface area contributed by atoms with Crippen molar-refractivity contribution in [2.24, 2.45) is 5.92 Å². The fourth-order valence-corrected chi connectivity index (χ4v) is 4.36. The van der Waals surface area contributed by atoms with Crippen LogP contribution in [0.3, 0.4) is 0 Å². The Morgan fingerprint density at radius 2 is 1.80 bits per heavy atom. The highest BCUT2D eigenvalue weighted by Crippen LogP contribution is 2.23. The summed E-state index contributed by atoms with van der Waals surface area (Å²) in [6.07, 6.45) is 9.84. The summed E-state index contributed by atoms with van der Waals surface area (Å²) in [5, 5.41) is 3.16. The summed E-state index contributed by atoms with van der Waals surface area (Å²) in [6, 6.07) is 6.23. The number of para-hydroxylation sites is 1. The van der Waals surface area contributed by atoms with E-state index >= 15 is 0 Å². The standard InChI is InChI=1S/C25H35N3O2/c1-4-20-11-8-12-21(5-2)24(20)26-23(29)18-27-14-9-15-28(17-16-27)25(30)22-13-7-6-10-19(22)3/h7-8,10-13,22H,4-6,9,14-18H2,1-3H3,(H,26,29). The third kappa shape index (κ3) is 5.39. The zero-order valence-electron chi connectivity index (χ0n) is 18.6. The van der Waals surface area contributed by atoms with E-state index in [1.807, 2.05) is 17.9 Å². The average Bonchev–Trinajstić information content (AvgIpc) is 2.99. The van der Waals surface area contributed by atoms with Crippen LogP contribution in [0.15, 0.2) is 42.0 Å². The van der Waals surface area contributed by atoms with Crippen LogP contribution in [-0.2, 0) is 22.4 Å². The molecule has 0 aromatic heterocycles. The monoisotopic (exact) mass is 409 g/mol. The van der Waals surface area contributed by atoms with Gasteiger partial charge in [-0.15, -0.1) is 0 Å². The number of aryl methyl sites for hydroxylation is 2. The number of carbonyl (C=O) groups is 2. The van der Waals surface area contributed by atoms with Gasteiger partial charge < -0.3 is 10.2 Å². The second-order valence-corrected chi connectivity index (χ2v) is 8.25. The van der Waals surface area contributed by atoms with E-state index in [0.29, 0.717) is 13.1 Å². The number of hydrogen-bond donors (Lipinski definition) is 1. The second-order valence-electron chi connectivity index (χ2n) is 8.25. The first kappa shape index (κ1) is 22.3. The Morgan fingerprint density at radius 3 is 2.47 bits per heavy atom. The molecule has 1 heterocycles. The van der Waals surface area contributed by atoms with Gasteiger partial charge in [-0.3, -0.25) is 14.5 Å². The molecule has 0 spiro atoms. The first-order valence-corrected chi connectivity index (χ1v) is 11.3. The smallest absolute Gasteiger partial charge is 0.238 e. The fraction of sp³-hybridized carbons (Fsp3) is 0.520. The molecule has 0 bridgehead atoms. The molecule has 0 radical (unpaired) electrons. The van der Waals surface area contributed by atoms with Gasteiger partial charge in [0.25, 0.3) is 0 Å². The number of benzene rings is 1. The van der Waals surface area contributed by atoms with Crippen molar-refractivity contribution in [2.45, 2.75) is 46.5 Å². The predicted octanol–water partition coefficient (Wildman–Crippen LogP) is 3.81. The highest BCUT2D eigenvalue weighted by Gasteiger charge is 2.27. The molecular formula is C25H35N3O2. The van der Waals surface area contributed by atoms with E-state index in [9.17, 15) is 9.59 Å². The van der Waals surface area contributed by atoms with Gasteiger partial charge >= 0.3 is 0 Å². The third-order valence-electron chi connectivity index (χ3n) is 6.19. The second kappa shape index (κ2) is 10.6. The topological polar surface area (TPSA) is 52.7 Å². The molecule has 1 atom stereocenters. The number of nitrogens with one attached hydrogen (secondary N) is 1. The van der Waals surface area contributed by atoms with E-state index in [0.717, 1.165) is 56.6 Å². The van der Waals surface area contributed by atoms with E-state index in [1.165, 1.54) is 11.1 Å². The minimum Gasteiger partial charge on any atom is -0.341 e. The third-order valence-corrected chi connectivity index (χ3v) is 6.19. The van der Waals surface area contributed by atoms with Crippen molar-refractivity contribution in [3.63, 3.8) is 0 Å². The normalized spacial score (nSPS) is 19.9. The molecule has 0 saturated carbocycles. The molecule has 2 amide bonds. The van der Waals surface area contributed by atoms with Crippen LogP contribution in [-0.4, -0.2) is 54.3 Å². The van der Waals surface area contributed by atoms with Gasteiger partial charge in [0.2, 0.25) is 11.8 Å². The zero-order valence-corrected chi connectivity index (χ0v) is 18.6.